The lowest BCUT2D eigenvalue weighted by molar-refractivity contribution is 0.0697. The van der Waals surface area contributed by atoms with Crippen LogP contribution in [0.15, 0.2) is 42.5 Å². The first kappa shape index (κ1) is 24.5. The van der Waals surface area contributed by atoms with Crippen molar-refractivity contribution in [1.29, 1.82) is 5.26 Å². The summed E-state index contributed by atoms with van der Waals surface area (Å²) in [6.07, 6.45) is 0. The summed E-state index contributed by atoms with van der Waals surface area (Å²) in [5.74, 6) is -1.27. The van der Waals surface area contributed by atoms with E-state index in [-0.39, 0.29) is 22.8 Å². The Morgan fingerprint density at radius 3 is 2.28 bits per heavy atom. The van der Waals surface area contributed by atoms with Crippen molar-refractivity contribution in [3.63, 3.8) is 0 Å². The number of halogens is 1. The van der Waals surface area contributed by atoms with Gasteiger partial charge in [0.15, 0.2) is 0 Å². The first-order chi connectivity index (χ1) is 15.3. The SMILES string of the molecule is CC.COc1cc(-c2cc(C(=O)Nc3ccc(Cl)cc3)c(C)n2C)c(C(=O)O)cc1C#N. The van der Waals surface area contributed by atoms with E-state index in [4.69, 9.17) is 16.3 Å². The molecule has 3 rings (SSSR count). The van der Waals surface area contributed by atoms with Gasteiger partial charge in [-0.2, -0.15) is 5.26 Å². The number of amides is 1. The predicted molar refractivity (Wildman–Crippen MR) is 125 cm³/mol. The van der Waals surface area contributed by atoms with Gasteiger partial charge >= 0.3 is 5.97 Å². The molecule has 0 spiro atoms. The minimum absolute atomic E-state index is 0.0578. The van der Waals surface area contributed by atoms with Gasteiger partial charge in [-0.25, -0.2) is 4.79 Å². The first-order valence-corrected chi connectivity index (χ1v) is 10.2. The van der Waals surface area contributed by atoms with E-state index in [9.17, 15) is 20.0 Å². The van der Waals surface area contributed by atoms with Crippen LogP contribution in [0.4, 0.5) is 5.69 Å². The van der Waals surface area contributed by atoms with E-state index in [1.165, 1.54) is 19.2 Å². The monoisotopic (exact) mass is 453 g/mol. The molecule has 0 unspecified atom stereocenters. The Labute approximate surface area is 191 Å². The van der Waals surface area contributed by atoms with Crippen molar-refractivity contribution in [3.05, 3.63) is 69.9 Å². The molecule has 0 aliphatic rings. The molecule has 0 atom stereocenters. The van der Waals surface area contributed by atoms with E-state index in [2.05, 4.69) is 5.32 Å². The third kappa shape index (κ3) is 4.93. The number of methoxy groups -OCH3 is 1. The average Bonchev–Trinajstić information content (AvgIpc) is 3.10. The number of aromatic nitrogens is 1. The Hall–Kier alpha value is -3.76. The second kappa shape index (κ2) is 10.5. The molecule has 7 nitrogen and oxygen atoms in total. The molecule has 2 aromatic carbocycles. The zero-order chi connectivity index (χ0) is 24.0. The topological polar surface area (TPSA) is 104 Å². The number of aromatic carboxylic acids is 1. The number of anilines is 1. The molecule has 0 aliphatic carbocycles. The van der Waals surface area contributed by atoms with Gasteiger partial charge in [0, 0.05) is 34.7 Å². The van der Waals surface area contributed by atoms with Crippen molar-refractivity contribution in [2.24, 2.45) is 7.05 Å². The van der Waals surface area contributed by atoms with Crippen LogP contribution in [-0.2, 0) is 7.05 Å². The number of nitriles is 1. The quantitative estimate of drug-likeness (QED) is 0.529. The molecule has 0 fully saturated rings. The van der Waals surface area contributed by atoms with Crippen molar-refractivity contribution < 1.29 is 19.4 Å². The molecule has 0 bridgehead atoms. The number of carboxylic acids is 1. The number of carboxylic acid groups (broad SMARTS) is 1. The maximum absolute atomic E-state index is 12.8. The number of hydrogen-bond donors (Lipinski definition) is 2. The Kier molecular flexibility index (Phi) is 8.05. The third-order valence-electron chi connectivity index (χ3n) is 4.85. The van der Waals surface area contributed by atoms with Gasteiger partial charge in [-0.15, -0.1) is 0 Å². The summed E-state index contributed by atoms with van der Waals surface area (Å²) in [6.45, 7) is 5.77. The fraction of sp³-hybridized carbons (Fsp3) is 0.208. The Morgan fingerprint density at radius 1 is 1.12 bits per heavy atom. The summed E-state index contributed by atoms with van der Waals surface area (Å²) < 4.78 is 6.96. The van der Waals surface area contributed by atoms with Crippen LogP contribution in [0.5, 0.6) is 5.75 Å². The molecular weight excluding hydrogens is 430 g/mol. The molecule has 0 saturated heterocycles. The number of carbonyl (C=O) groups excluding carboxylic acids is 1. The Bertz CT molecular complexity index is 1190. The van der Waals surface area contributed by atoms with Crippen LogP contribution in [0, 0.1) is 18.3 Å². The maximum atomic E-state index is 12.8. The highest BCUT2D eigenvalue weighted by atomic mass is 35.5. The second-order valence-electron chi connectivity index (χ2n) is 6.56. The minimum Gasteiger partial charge on any atom is -0.495 e. The summed E-state index contributed by atoms with van der Waals surface area (Å²) in [5.41, 5.74) is 2.53. The van der Waals surface area contributed by atoms with Crippen molar-refractivity contribution >= 4 is 29.2 Å². The summed E-state index contributed by atoms with van der Waals surface area (Å²) in [7, 11) is 3.14. The van der Waals surface area contributed by atoms with E-state index in [1.54, 1.807) is 48.9 Å². The smallest absolute Gasteiger partial charge is 0.336 e. The highest BCUT2D eigenvalue weighted by molar-refractivity contribution is 6.30. The van der Waals surface area contributed by atoms with Crippen molar-refractivity contribution in [1.82, 2.24) is 4.57 Å². The third-order valence-corrected chi connectivity index (χ3v) is 5.10. The van der Waals surface area contributed by atoms with Crippen molar-refractivity contribution in [3.8, 4) is 23.1 Å². The Balaban J connectivity index is 0.00000176. The number of nitrogens with zero attached hydrogens (tertiary/aromatic N) is 2. The van der Waals surface area contributed by atoms with Crippen LogP contribution in [-0.4, -0.2) is 28.7 Å². The van der Waals surface area contributed by atoms with Crippen LogP contribution in [0.25, 0.3) is 11.3 Å². The number of carbonyl (C=O) groups is 2. The Morgan fingerprint density at radius 2 is 1.75 bits per heavy atom. The van der Waals surface area contributed by atoms with Crippen LogP contribution in [0.1, 0.15) is 45.8 Å². The summed E-state index contributed by atoms with van der Waals surface area (Å²) in [6, 6.07) is 13.0. The molecule has 3 aromatic rings. The lowest BCUT2D eigenvalue weighted by atomic mass is 10.00. The number of hydrogen-bond acceptors (Lipinski definition) is 4. The zero-order valence-electron chi connectivity index (χ0n) is 18.5. The number of rotatable bonds is 5. The molecule has 1 heterocycles. The fourth-order valence-electron chi connectivity index (χ4n) is 3.14. The van der Waals surface area contributed by atoms with E-state index in [0.717, 1.165) is 0 Å². The van der Waals surface area contributed by atoms with Crippen molar-refractivity contribution in [2.75, 3.05) is 12.4 Å². The van der Waals surface area contributed by atoms with Gasteiger partial charge in [-0.1, -0.05) is 25.4 Å². The summed E-state index contributed by atoms with van der Waals surface area (Å²) >= 11 is 5.87. The molecular formula is C24H24ClN3O4. The molecule has 2 N–H and O–H groups in total. The predicted octanol–water partition coefficient (Wildman–Crippen LogP) is 5.51. The number of benzene rings is 2. The van der Waals surface area contributed by atoms with Crippen LogP contribution in [0.2, 0.25) is 5.02 Å². The molecule has 32 heavy (non-hydrogen) atoms. The van der Waals surface area contributed by atoms with Gasteiger partial charge in [0.25, 0.3) is 5.91 Å². The van der Waals surface area contributed by atoms with Gasteiger partial charge in [0.1, 0.15) is 11.8 Å². The lowest BCUT2D eigenvalue weighted by Crippen LogP contribution is -2.12. The summed E-state index contributed by atoms with van der Waals surface area (Å²) in [4.78, 5) is 24.6. The molecule has 166 valence electrons. The van der Waals surface area contributed by atoms with Gasteiger partial charge in [-0.3, -0.25) is 4.79 Å². The van der Waals surface area contributed by atoms with E-state index in [0.29, 0.717) is 33.2 Å². The zero-order valence-corrected chi connectivity index (χ0v) is 19.2. The van der Waals surface area contributed by atoms with Crippen molar-refractivity contribution in [2.45, 2.75) is 20.8 Å². The molecule has 0 radical (unpaired) electrons. The standard InChI is InChI=1S/C22H18ClN3O4.C2H6/c1-12-16(21(27)25-15-6-4-14(23)5-7-15)9-19(26(12)2)17-10-20(30-3)13(11-24)8-18(17)22(28)29;1-2/h4-10H,1-3H3,(H,25,27)(H,28,29);1-2H3. The second-order valence-corrected chi connectivity index (χ2v) is 7.00. The van der Waals surface area contributed by atoms with Crippen LogP contribution >= 0.6 is 11.6 Å². The largest absolute Gasteiger partial charge is 0.495 e. The van der Waals surface area contributed by atoms with Gasteiger partial charge in [-0.05, 0) is 49.4 Å². The van der Waals surface area contributed by atoms with Crippen LogP contribution in [0.3, 0.4) is 0 Å². The maximum Gasteiger partial charge on any atom is 0.336 e. The normalized spacial score (nSPS) is 9.91. The van der Waals surface area contributed by atoms with E-state index < -0.39 is 5.97 Å². The summed E-state index contributed by atoms with van der Waals surface area (Å²) in [5, 5.41) is 22.3. The van der Waals surface area contributed by atoms with E-state index in [1.807, 2.05) is 19.9 Å². The highest BCUT2D eigenvalue weighted by Gasteiger charge is 2.22. The van der Waals surface area contributed by atoms with Gasteiger partial charge in [0.2, 0.25) is 0 Å². The highest BCUT2D eigenvalue weighted by Crippen LogP contribution is 2.33. The fourth-order valence-corrected chi connectivity index (χ4v) is 3.27. The van der Waals surface area contributed by atoms with Gasteiger partial charge < -0.3 is 19.7 Å². The number of ether oxygens (including phenoxy) is 1. The first-order valence-electron chi connectivity index (χ1n) is 9.85. The molecule has 1 aromatic heterocycles. The molecule has 8 heteroatoms. The molecule has 0 aliphatic heterocycles. The number of nitrogens with one attached hydrogen (secondary N) is 1. The lowest BCUT2D eigenvalue weighted by Gasteiger charge is -2.12. The molecule has 1 amide bonds. The average molecular weight is 454 g/mol. The van der Waals surface area contributed by atoms with Gasteiger partial charge in [0.05, 0.1) is 23.8 Å². The minimum atomic E-state index is -1.19. The molecule has 0 saturated carbocycles. The van der Waals surface area contributed by atoms with Crippen LogP contribution < -0.4 is 10.1 Å². The van der Waals surface area contributed by atoms with E-state index >= 15 is 0 Å².